The van der Waals surface area contributed by atoms with E-state index in [2.05, 4.69) is 42.7 Å². The molecule has 5 heteroatoms. The fraction of sp³-hybridized carbons (Fsp3) is 0.357. The molecule has 0 saturated heterocycles. The Bertz CT molecular complexity index is 551. The predicted molar refractivity (Wildman–Crippen MR) is 80.2 cm³/mol. The Labute approximate surface area is 122 Å². The van der Waals surface area contributed by atoms with Crippen LogP contribution in [0.3, 0.4) is 0 Å². The second-order valence-corrected chi connectivity index (χ2v) is 5.19. The maximum atomic E-state index is 4.53. The monoisotopic (exact) mass is 320 g/mol. The van der Waals surface area contributed by atoms with Crippen LogP contribution in [0.15, 0.2) is 28.9 Å². The highest BCUT2D eigenvalue weighted by Gasteiger charge is 2.09. The molecule has 0 bridgehead atoms. The van der Waals surface area contributed by atoms with E-state index in [1.165, 1.54) is 0 Å². The highest BCUT2D eigenvalue weighted by molar-refractivity contribution is 9.10. The first-order chi connectivity index (χ1) is 9.08. The Morgan fingerprint density at radius 1 is 1.16 bits per heavy atom. The van der Waals surface area contributed by atoms with E-state index in [-0.39, 0.29) is 0 Å². The molecule has 0 aliphatic carbocycles. The third-order valence-corrected chi connectivity index (χ3v) is 3.20. The average Bonchev–Trinajstić information content (AvgIpc) is 2.34. The number of rotatable bonds is 4. The third-order valence-electron chi connectivity index (χ3n) is 2.80. The van der Waals surface area contributed by atoms with E-state index in [4.69, 9.17) is 0 Å². The number of pyridine rings is 1. The zero-order valence-corrected chi connectivity index (χ0v) is 13.0. The summed E-state index contributed by atoms with van der Waals surface area (Å²) in [5, 5.41) is 0. The minimum atomic E-state index is 0.751. The summed E-state index contributed by atoms with van der Waals surface area (Å²) in [5.41, 5.74) is 2.09. The van der Waals surface area contributed by atoms with Crippen molar-refractivity contribution in [2.24, 2.45) is 0 Å². The molecule has 0 fully saturated rings. The summed E-state index contributed by atoms with van der Waals surface area (Å²) in [6.45, 7) is 7.64. The summed E-state index contributed by atoms with van der Waals surface area (Å²) >= 11 is 3.41. The van der Waals surface area contributed by atoms with Gasteiger partial charge in [-0.25, -0.2) is 9.97 Å². The predicted octanol–water partition coefficient (Wildman–Crippen LogP) is 3.28. The highest BCUT2D eigenvalue weighted by atomic mass is 79.9. The summed E-state index contributed by atoms with van der Waals surface area (Å²) in [7, 11) is 0. The Morgan fingerprint density at radius 2 is 1.95 bits per heavy atom. The highest BCUT2D eigenvalue weighted by Crippen LogP contribution is 2.18. The van der Waals surface area contributed by atoms with Gasteiger partial charge in [0.2, 0.25) is 0 Å². The van der Waals surface area contributed by atoms with Crippen LogP contribution in [-0.2, 0) is 6.54 Å². The van der Waals surface area contributed by atoms with Crippen molar-refractivity contribution in [3.8, 4) is 0 Å². The van der Waals surface area contributed by atoms with Crippen molar-refractivity contribution >= 4 is 21.7 Å². The van der Waals surface area contributed by atoms with Gasteiger partial charge < -0.3 is 4.90 Å². The summed E-state index contributed by atoms with van der Waals surface area (Å²) < 4.78 is 0.811. The van der Waals surface area contributed by atoms with E-state index < -0.39 is 0 Å². The fourth-order valence-corrected chi connectivity index (χ4v) is 2.38. The summed E-state index contributed by atoms with van der Waals surface area (Å²) in [5.74, 6) is 1.69. The van der Waals surface area contributed by atoms with Crippen LogP contribution >= 0.6 is 15.9 Å². The summed E-state index contributed by atoms with van der Waals surface area (Å²) in [4.78, 5) is 15.4. The molecule has 4 nitrogen and oxygen atoms in total. The molecular weight excluding hydrogens is 304 g/mol. The van der Waals surface area contributed by atoms with Crippen molar-refractivity contribution in [2.45, 2.75) is 27.3 Å². The first-order valence-electron chi connectivity index (χ1n) is 6.27. The smallest absolute Gasteiger partial charge is 0.133 e. The molecule has 0 N–H and O–H groups in total. The lowest BCUT2D eigenvalue weighted by Gasteiger charge is -2.22. The van der Waals surface area contributed by atoms with Crippen molar-refractivity contribution in [2.75, 3.05) is 11.4 Å². The first-order valence-corrected chi connectivity index (χ1v) is 7.06. The van der Waals surface area contributed by atoms with Gasteiger partial charge in [-0.1, -0.05) is 6.07 Å². The number of anilines is 1. The average molecular weight is 321 g/mol. The molecule has 0 saturated carbocycles. The second kappa shape index (κ2) is 6.10. The number of aromatic nitrogens is 3. The lowest BCUT2D eigenvalue weighted by Crippen LogP contribution is -2.24. The normalized spacial score (nSPS) is 10.5. The fourth-order valence-electron chi connectivity index (χ4n) is 1.92. The minimum absolute atomic E-state index is 0.751. The molecule has 0 unspecified atom stereocenters. The molecule has 0 aromatic carbocycles. The Morgan fingerprint density at radius 3 is 2.58 bits per heavy atom. The minimum Gasteiger partial charge on any atom is -0.351 e. The van der Waals surface area contributed by atoms with Crippen LogP contribution < -0.4 is 4.90 Å². The SMILES string of the molecule is CCN(Cc1cccc(C)n1)c1cc(Br)nc(C)n1. The van der Waals surface area contributed by atoms with Gasteiger partial charge in [0.05, 0.1) is 12.2 Å². The molecule has 2 aromatic heterocycles. The summed E-state index contributed by atoms with van der Waals surface area (Å²) in [6.07, 6.45) is 0. The van der Waals surface area contributed by atoms with Gasteiger partial charge in [0.15, 0.2) is 0 Å². The lowest BCUT2D eigenvalue weighted by molar-refractivity contribution is 0.782. The molecule has 0 atom stereocenters. The van der Waals surface area contributed by atoms with Gasteiger partial charge in [-0.15, -0.1) is 0 Å². The topological polar surface area (TPSA) is 41.9 Å². The molecule has 19 heavy (non-hydrogen) atoms. The van der Waals surface area contributed by atoms with Crippen molar-refractivity contribution in [3.63, 3.8) is 0 Å². The van der Waals surface area contributed by atoms with Gasteiger partial charge in [0, 0.05) is 18.3 Å². The van der Waals surface area contributed by atoms with Crippen LogP contribution in [0.4, 0.5) is 5.82 Å². The third kappa shape index (κ3) is 3.73. The van der Waals surface area contributed by atoms with E-state index in [1.54, 1.807) is 0 Å². The number of nitrogens with zero attached hydrogens (tertiary/aromatic N) is 4. The Hall–Kier alpha value is -1.49. The van der Waals surface area contributed by atoms with Crippen LogP contribution in [-0.4, -0.2) is 21.5 Å². The van der Waals surface area contributed by atoms with E-state index in [0.717, 1.165) is 40.7 Å². The van der Waals surface area contributed by atoms with Crippen molar-refractivity contribution in [1.82, 2.24) is 15.0 Å². The van der Waals surface area contributed by atoms with E-state index in [0.29, 0.717) is 0 Å². The maximum absolute atomic E-state index is 4.53. The molecule has 2 heterocycles. The van der Waals surface area contributed by atoms with Crippen molar-refractivity contribution in [1.29, 1.82) is 0 Å². The molecule has 100 valence electrons. The number of hydrogen-bond donors (Lipinski definition) is 0. The molecule has 0 radical (unpaired) electrons. The maximum Gasteiger partial charge on any atom is 0.133 e. The van der Waals surface area contributed by atoms with Crippen LogP contribution in [0.1, 0.15) is 24.1 Å². The van der Waals surface area contributed by atoms with Gasteiger partial charge in [-0.2, -0.15) is 0 Å². The first kappa shape index (κ1) is 13.9. The standard InChI is InChI=1S/C14H17BrN4/c1-4-19(9-12-7-5-6-10(2)16-12)14-8-13(15)17-11(3)18-14/h5-8H,4,9H2,1-3H3. The summed E-state index contributed by atoms with van der Waals surface area (Å²) in [6, 6.07) is 8.02. The van der Waals surface area contributed by atoms with Crippen LogP contribution in [0, 0.1) is 13.8 Å². The van der Waals surface area contributed by atoms with Gasteiger partial charge >= 0.3 is 0 Å². The Kier molecular flexibility index (Phi) is 4.47. The molecular formula is C14H17BrN4. The van der Waals surface area contributed by atoms with Gasteiger partial charge in [-0.05, 0) is 48.8 Å². The van der Waals surface area contributed by atoms with Gasteiger partial charge in [0.25, 0.3) is 0 Å². The van der Waals surface area contributed by atoms with E-state index >= 15 is 0 Å². The van der Waals surface area contributed by atoms with Crippen LogP contribution in [0.2, 0.25) is 0 Å². The van der Waals surface area contributed by atoms with Gasteiger partial charge in [0.1, 0.15) is 16.2 Å². The molecule has 2 rings (SSSR count). The lowest BCUT2D eigenvalue weighted by atomic mass is 10.3. The van der Waals surface area contributed by atoms with E-state index in [1.807, 2.05) is 38.1 Å². The Balaban J connectivity index is 2.24. The van der Waals surface area contributed by atoms with Crippen molar-refractivity contribution < 1.29 is 0 Å². The number of aryl methyl sites for hydroxylation is 2. The zero-order valence-electron chi connectivity index (χ0n) is 11.4. The second-order valence-electron chi connectivity index (χ2n) is 4.38. The number of halogens is 1. The van der Waals surface area contributed by atoms with Crippen LogP contribution in [0.5, 0.6) is 0 Å². The molecule has 0 amide bonds. The largest absolute Gasteiger partial charge is 0.351 e. The quantitative estimate of drug-likeness (QED) is 0.811. The zero-order chi connectivity index (χ0) is 13.8. The molecule has 2 aromatic rings. The number of hydrogen-bond acceptors (Lipinski definition) is 4. The molecule has 0 aliphatic rings. The van der Waals surface area contributed by atoms with Crippen LogP contribution in [0.25, 0.3) is 0 Å². The molecule has 0 spiro atoms. The van der Waals surface area contributed by atoms with Gasteiger partial charge in [-0.3, -0.25) is 4.98 Å². The van der Waals surface area contributed by atoms with E-state index in [9.17, 15) is 0 Å². The van der Waals surface area contributed by atoms with Crippen molar-refractivity contribution in [3.05, 3.63) is 46.1 Å². The molecule has 0 aliphatic heterocycles.